The summed E-state index contributed by atoms with van der Waals surface area (Å²) in [6.45, 7) is 3.86. The van der Waals surface area contributed by atoms with Crippen molar-refractivity contribution in [1.82, 2.24) is 9.55 Å². The first-order valence-corrected chi connectivity index (χ1v) is 4.24. The number of hydrogen-bond acceptors (Lipinski definition) is 3. The number of aryl methyl sites for hydroxylation is 1. The van der Waals surface area contributed by atoms with Crippen molar-refractivity contribution in [3.05, 3.63) is 18.2 Å². The third-order valence-corrected chi connectivity index (χ3v) is 1.74. The Balaban J connectivity index is 2.44. The maximum Gasteiger partial charge on any atom is 0.308 e. The average molecular weight is 182 g/mol. The second-order valence-corrected chi connectivity index (χ2v) is 3.22. The van der Waals surface area contributed by atoms with Crippen LogP contribution in [-0.2, 0) is 23.2 Å². The van der Waals surface area contributed by atoms with E-state index in [4.69, 9.17) is 4.74 Å². The topological polar surface area (TPSA) is 44.1 Å². The second kappa shape index (κ2) is 4.07. The van der Waals surface area contributed by atoms with Crippen LogP contribution in [0.25, 0.3) is 0 Å². The standard InChI is InChI=1S/C9H14N2O2/c1-7(2)9(12)13-6-8-10-4-5-11(8)3/h4-5,7H,6H2,1-3H3. The van der Waals surface area contributed by atoms with Crippen molar-refractivity contribution in [3.8, 4) is 0 Å². The van der Waals surface area contributed by atoms with E-state index in [0.29, 0.717) is 0 Å². The van der Waals surface area contributed by atoms with Crippen LogP contribution in [0, 0.1) is 5.92 Å². The van der Waals surface area contributed by atoms with Crippen molar-refractivity contribution in [1.29, 1.82) is 0 Å². The number of aromatic nitrogens is 2. The second-order valence-electron chi connectivity index (χ2n) is 3.22. The summed E-state index contributed by atoms with van der Waals surface area (Å²) < 4.78 is 6.83. The van der Waals surface area contributed by atoms with E-state index < -0.39 is 0 Å². The van der Waals surface area contributed by atoms with E-state index in [1.807, 2.05) is 17.8 Å². The number of carbonyl (C=O) groups is 1. The number of hydrogen-bond donors (Lipinski definition) is 0. The molecule has 0 radical (unpaired) electrons. The Hall–Kier alpha value is -1.32. The molecule has 0 saturated carbocycles. The molecular weight excluding hydrogens is 168 g/mol. The van der Waals surface area contributed by atoms with Crippen LogP contribution in [0.3, 0.4) is 0 Å². The molecule has 0 aliphatic carbocycles. The summed E-state index contributed by atoms with van der Waals surface area (Å²) in [6, 6.07) is 0. The van der Waals surface area contributed by atoms with Crippen molar-refractivity contribution >= 4 is 5.97 Å². The molecule has 0 aliphatic heterocycles. The van der Waals surface area contributed by atoms with Crippen LogP contribution in [0.5, 0.6) is 0 Å². The zero-order valence-electron chi connectivity index (χ0n) is 8.15. The van der Waals surface area contributed by atoms with Crippen molar-refractivity contribution in [3.63, 3.8) is 0 Å². The molecule has 13 heavy (non-hydrogen) atoms. The van der Waals surface area contributed by atoms with E-state index >= 15 is 0 Å². The Kier molecular flexibility index (Phi) is 3.06. The minimum atomic E-state index is -0.192. The van der Waals surface area contributed by atoms with Gasteiger partial charge in [0.15, 0.2) is 0 Å². The van der Waals surface area contributed by atoms with Gasteiger partial charge < -0.3 is 9.30 Å². The molecule has 0 bridgehead atoms. The maximum absolute atomic E-state index is 11.1. The van der Waals surface area contributed by atoms with Gasteiger partial charge in [-0.1, -0.05) is 13.8 Å². The quantitative estimate of drug-likeness (QED) is 0.658. The highest BCUT2D eigenvalue weighted by Crippen LogP contribution is 2.01. The number of imidazole rings is 1. The van der Waals surface area contributed by atoms with Crippen molar-refractivity contribution in [2.75, 3.05) is 0 Å². The van der Waals surface area contributed by atoms with Crippen LogP contribution in [0.1, 0.15) is 19.7 Å². The molecule has 0 aromatic carbocycles. The number of nitrogens with zero attached hydrogens (tertiary/aromatic N) is 2. The third kappa shape index (κ3) is 2.57. The minimum Gasteiger partial charge on any atom is -0.457 e. The molecule has 0 N–H and O–H groups in total. The molecule has 1 heterocycles. The van der Waals surface area contributed by atoms with Gasteiger partial charge >= 0.3 is 5.97 Å². The first-order chi connectivity index (χ1) is 6.11. The highest BCUT2D eigenvalue weighted by atomic mass is 16.5. The molecular formula is C9H14N2O2. The Morgan fingerprint density at radius 3 is 2.85 bits per heavy atom. The summed E-state index contributed by atoms with van der Waals surface area (Å²) in [5, 5.41) is 0. The Bertz CT molecular complexity index is 292. The van der Waals surface area contributed by atoms with Crippen molar-refractivity contribution in [2.24, 2.45) is 13.0 Å². The molecule has 1 aromatic rings. The fraction of sp³-hybridized carbons (Fsp3) is 0.556. The van der Waals surface area contributed by atoms with Crippen LogP contribution >= 0.6 is 0 Å². The van der Waals surface area contributed by atoms with Crippen LogP contribution in [0.2, 0.25) is 0 Å². The first-order valence-electron chi connectivity index (χ1n) is 4.24. The number of carbonyl (C=O) groups excluding carboxylic acids is 1. The van der Waals surface area contributed by atoms with Gasteiger partial charge in [0.1, 0.15) is 12.4 Å². The lowest BCUT2D eigenvalue weighted by atomic mass is 10.2. The summed E-state index contributed by atoms with van der Waals surface area (Å²) in [5.41, 5.74) is 0. The number of rotatable bonds is 3. The molecule has 0 unspecified atom stereocenters. The molecule has 0 atom stereocenters. The lowest BCUT2D eigenvalue weighted by molar-refractivity contribution is -0.148. The molecule has 72 valence electrons. The van der Waals surface area contributed by atoms with Gasteiger partial charge in [-0.3, -0.25) is 4.79 Å². The Labute approximate surface area is 77.5 Å². The fourth-order valence-electron chi connectivity index (χ4n) is 0.838. The first kappa shape index (κ1) is 9.77. The molecule has 0 amide bonds. The summed E-state index contributed by atoms with van der Waals surface area (Å²) in [4.78, 5) is 15.1. The van der Waals surface area contributed by atoms with Gasteiger partial charge in [0, 0.05) is 19.4 Å². The predicted octanol–water partition coefficient (Wildman–Crippen LogP) is 1.12. The molecule has 4 nitrogen and oxygen atoms in total. The van der Waals surface area contributed by atoms with Gasteiger partial charge in [-0.15, -0.1) is 0 Å². The zero-order valence-corrected chi connectivity index (χ0v) is 8.15. The summed E-state index contributed by atoms with van der Waals surface area (Å²) in [7, 11) is 1.87. The summed E-state index contributed by atoms with van der Waals surface area (Å²) >= 11 is 0. The van der Waals surface area contributed by atoms with E-state index in [2.05, 4.69) is 4.98 Å². The largest absolute Gasteiger partial charge is 0.457 e. The van der Waals surface area contributed by atoms with Crippen LogP contribution < -0.4 is 0 Å². The zero-order chi connectivity index (χ0) is 9.84. The van der Waals surface area contributed by atoms with E-state index in [9.17, 15) is 4.79 Å². The molecule has 0 fully saturated rings. The smallest absolute Gasteiger partial charge is 0.308 e. The van der Waals surface area contributed by atoms with E-state index in [1.54, 1.807) is 20.0 Å². The molecule has 0 saturated heterocycles. The van der Waals surface area contributed by atoms with E-state index in [-0.39, 0.29) is 18.5 Å². The number of esters is 1. The van der Waals surface area contributed by atoms with Gasteiger partial charge in [0.25, 0.3) is 0 Å². The van der Waals surface area contributed by atoms with Crippen LogP contribution in [0.15, 0.2) is 12.4 Å². The molecule has 0 aliphatic rings. The lowest BCUT2D eigenvalue weighted by Crippen LogP contribution is -2.13. The summed E-state index contributed by atoms with van der Waals surface area (Å²) in [5.74, 6) is 0.484. The summed E-state index contributed by atoms with van der Waals surface area (Å²) in [6.07, 6.45) is 3.50. The highest BCUT2D eigenvalue weighted by molar-refractivity contribution is 5.71. The normalized spacial score (nSPS) is 10.5. The molecule has 4 heteroatoms. The fourth-order valence-corrected chi connectivity index (χ4v) is 0.838. The van der Waals surface area contributed by atoms with Gasteiger partial charge in [0.05, 0.1) is 5.92 Å². The predicted molar refractivity (Wildman–Crippen MR) is 47.8 cm³/mol. The van der Waals surface area contributed by atoms with E-state index in [1.165, 1.54) is 0 Å². The van der Waals surface area contributed by atoms with Gasteiger partial charge in [-0.05, 0) is 0 Å². The Morgan fingerprint density at radius 2 is 2.38 bits per heavy atom. The van der Waals surface area contributed by atoms with E-state index in [0.717, 1.165) is 5.82 Å². The number of ether oxygens (including phenoxy) is 1. The molecule has 1 aromatic heterocycles. The molecule has 0 spiro atoms. The minimum absolute atomic E-state index is 0.0831. The highest BCUT2D eigenvalue weighted by Gasteiger charge is 2.09. The van der Waals surface area contributed by atoms with Gasteiger partial charge in [0.2, 0.25) is 0 Å². The average Bonchev–Trinajstić information content (AvgIpc) is 2.47. The van der Waals surface area contributed by atoms with Crippen molar-refractivity contribution < 1.29 is 9.53 Å². The van der Waals surface area contributed by atoms with Crippen LogP contribution in [0.4, 0.5) is 0 Å². The van der Waals surface area contributed by atoms with Gasteiger partial charge in [-0.25, -0.2) is 4.98 Å². The Morgan fingerprint density at radius 1 is 1.69 bits per heavy atom. The SMILES string of the molecule is CC(C)C(=O)OCc1nccn1C. The monoisotopic (exact) mass is 182 g/mol. The van der Waals surface area contributed by atoms with Gasteiger partial charge in [-0.2, -0.15) is 0 Å². The third-order valence-electron chi connectivity index (χ3n) is 1.74. The lowest BCUT2D eigenvalue weighted by Gasteiger charge is -2.06. The maximum atomic E-state index is 11.1. The van der Waals surface area contributed by atoms with Crippen LogP contribution in [-0.4, -0.2) is 15.5 Å². The van der Waals surface area contributed by atoms with Crippen molar-refractivity contribution in [2.45, 2.75) is 20.5 Å². The molecule has 1 rings (SSSR count).